The predicted octanol–water partition coefficient (Wildman–Crippen LogP) is 4.24. The Hall–Kier alpha value is -7.10. The number of hydrogen-bond acceptors (Lipinski definition) is 13. The summed E-state index contributed by atoms with van der Waals surface area (Å²) in [4.78, 5) is 190. The number of likely N-dealkylation sites (tertiary alicyclic amines) is 1. The van der Waals surface area contributed by atoms with Crippen molar-refractivity contribution in [3.8, 4) is 0 Å². The molecule has 1 aromatic rings. The van der Waals surface area contributed by atoms with Crippen molar-refractivity contribution in [2.75, 3.05) is 81.6 Å². The van der Waals surface area contributed by atoms with Crippen molar-refractivity contribution in [3.63, 3.8) is 0 Å². The third-order valence-electron chi connectivity index (χ3n) is 20.9. The maximum atomic E-state index is 15.4. The Balaban J connectivity index is 1.27. The van der Waals surface area contributed by atoms with Gasteiger partial charge in [0.05, 0.1) is 36.3 Å². The van der Waals surface area contributed by atoms with Gasteiger partial charge in [-0.05, 0) is 126 Å². The van der Waals surface area contributed by atoms with E-state index in [1.54, 1.807) is 25.7 Å². The highest BCUT2D eigenvalue weighted by molar-refractivity contribution is 6.31. The van der Waals surface area contributed by atoms with E-state index in [2.05, 4.69) is 16.0 Å². The molecule has 1 aromatic carbocycles. The maximum Gasteiger partial charge on any atom is 0.417 e. The van der Waals surface area contributed by atoms with Gasteiger partial charge in [0.15, 0.2) is 0 Å². The lowest BCUT2D eigenvalue weighted by atomic mass is 9.91. The highest BCUT2D eigenvalue weighted by Gasteiger charge is 2.51. The van der Waals surface area contributed by atoms with Crippen LogP contribution in [-0.4, -0.2) is 263 Å². The summed E-state index contributed by atoms with van der Waals surface area (Å²) in [5.41, 5.74) is -2.39. The van der Waals surface area contributed by atoms with E-state index in [9.17, 15) is 56.3 Å². The van der Waals surface area contributed by atoms with Gasteiger partial charge in [-0.3, -0.25) is 57.5 Å². The normalized spacial score (nSPS) is 27.8. The minimum atomic E-state index is -4.77. The Morgan fingerprint density at radius 1 is 0.673 bits per heavy atom. The van der Waals surface area contributed by atoms with Gasteiger partial charge in [0.2, 0.25) is 70.9 Å². The van der Waals surface area contributed by atoms with Crippen LogP contribution >= 0.6 is 11.6 Å². The van der Waals surface area contributed by atoms with Crippen molar-refractivity contribution in [1.29, 1.82) is 0 Å². The van der Waals surface area contributed by atoms with E-state index in [0.29, 0.717) is 64.5 Å². The molecule has 7 rings (SSSR count). The maximum absolute atomic E-state index is 15.4. The molecule has 3 N–H and O–H groups in total. The fourth-order valence-corrected chi connectivity index (χ4v) is 14.5. The van der Waals surface area contributed by atoms with E-state index in [1.807, 2.05) is 20.8 Å². The van der Waals surface area contributed by atoms with Crippen LogP contribution in [0.5, 0.6) is 0 Å². The average molecular weight is 1400 g/mol. The van der Waals surface area contributed by atoms with Crippen LogP contribution < -0.4 is 16.0 Å². The number of ether oxygens (including phenoxy) is 1. The van der Waals surface area contributed by atoms with E-state index >= 15 is 14.4 Å². The molecule has 6 aliphatic rings. The van der Waals surface area contributed by atoms with Gasteiger partial charge >= 0.3 is 6.18 Å². The van der Waals surface area contributed by atoms with Crippen molar-refractivity contribution in [3.05, 3.63) is 34.3 Å². The first-order valence-corrected chi connectivity index (χ1v) is 35.3. The number of halogens is 4. The quantitative estimate of drug-likeness (QED) is 0.265. The van der Waals surface area contributed by atoms with Crippen molar-refractivity contribution in [2.24, 2.45) is 17.8 Å². The molecule has 4 saturated heterocycles. The molecule has 98 heavy (non-hydrogen) atoms. The molecule has 4 heterocycles. The first kappa shape index (κ1) is 78.2. The molecule has 4 aliphatic heterocycles. The second-order valence-corrected chi connectivity index (χ2v) is 29.2. The van der Waals surface area contributed by atoms with E-state index in [-0.39, 0.29) is 82.2 Å². The molecule has 2 aliphatic carbocycles. The van der Waals surface area contributed by atoms with Gasteiger partial charge < -0.3 is 64.8 Å². The van der Waals surface area contributed by atoms with Gasteiger partial charge in [-0.1, -0.05) is 78.5 Å². The number of benzene rings is 1. The molecule has 6 fully saturated rings. The van der Waals surface area contributed by atoms with E-state index in [4.69, 9.17) is 16.3 Å². The van der Waals surface area contributed by atoms with Crippen LogP contribution in [-0.2, 0) is 74.9 Å². The molecule has 0 bridgehead atoms. The third-order valence-corrected chi connectivity index (χ3v) is 21.2. The number of carbonyl (C=O) groups excluding carboxylic acids is 12. The molecule has 1 spiro atoms. The lowest BCUT2D eigenvalue weighted by molar-refractivity contribution is -0.161. The minimum absolute atomic E-state index is 0.0194. The molecule has 10 atom stereocenters. The van der Waals surface area contributed by atoms with Crippen molar-refractivity contribution in [2.45, 2.75) is 230 Å². The van der Waals surface area contributed by atoms with Crippen LogP contribution in [0, 0.1) is 17.8 Å². The smallest absolute Gasteiger partial charge is 0.376 e. The second-order valence-electron chi connectivity index (χ2n) is 28.8. The van der Waals surface area contributed by atoms with E-state index in [0.717, 1.165) is 28.4 Å². The van der Waals surface area contributed by atoms with Gasteiger partial charge in [-0.2, -0.15) is 13.2 Å². The summed E-state index contributed by atoms with van der Waals surface area (Å²) < 4.78 is 47.5. The molecular weight excluding hydrogens is 1300 g/mol. The number of likely N-dealkylation sites (N-methyl/N-ethyl adjacent to an activating group) is 6. The first-order valence-electron chi connectivity index (χ1n) is 34.9. The van der Waals surface area contributed by atoms with Crippen LogP contribution in [0.3, 0.4) is 0 Å². The number of rotatable bonds is 12. The van der Waals surface area contributed by atoms with Crippen LogP contribution in [0.1, 0.15) is 162 Å². The molecule has 25 nitrogen and oxygen atoms in total. The molecule has 0 aromatic heterocycles. The molecule has 546 valence electrons. The van der Waals surface area contributed by atoms with Crippen molar-refractivity contribution in [1.82, 2.24) is 60.0 Å². The molecule has 2 saturated carbocycles. The minimum Gasteiger partial charge on any atom is -0.376 e. The van der Waals surface area contributed by atoms with Crippen molar-refractivity contribution >= 4 is 82.5 Å². The number of nitrogens with zero attached hydrogens (tertiary/aromatic N) is 9. The number of fused-ring (bicyclic) bond motifs is 2. The summed E-state index contributed by atoms with van der Waals surface area (Å²) in [5, 5.41) is 8.06. The summed E-state index contributed by atoms with van der Waals surface area (Å²) in [6.07, 6.45) is 0.206. The summed E-state index contributed by atoms with van der Waals surface area (Å²) in [6.45, 7) is 12.1. The number of aryl methyl sites for hydroxylation is 1. The lowest BCUT2D eigenvalue weighted by Crippen LogP contribution is -2.65. The van der Waals surface area contributed by atoms with Crippen LogP contribution in [0.4, 0.5) is 13.2 Å². The zero-order valence-electron chi connectivity index (χ0n) is 59.3. The number of carbonyl (C=O) groups is 12. The highest BCUT2D eigenvalue weighted by atomic mass is 35.5. The fourth-order valence-electron chi connectivity index (χ4n) is 14.2. The summed E-state index contributed by atoms with van der Waals surface area (Å²) in [5.74, 6) is -9.34. The average Bonchev–Trinajstić information content (AvgIpc) is 1.12. The zero-order valence-corrected chi connectivity index (χ0v) is 60.1. The Morgan fingerprint density at radius 3 is 1.89 bits per heavy atom. The third kappa shape index (κ3) is 18.3. The molecule has 29 heteroatoms. The zero-order chi connectivity index (χ0) is 72.6. The number of piperidine rings is 1. The lowest BCUT2D eigenvalue weighted by Gasteiger charge is -2.45. The van der Waals surface area contributed by atoms with Crippen LogP contribution in [0.2, 0.25) is 5.02 Å². The summed E-state index contributed by atoms with van der Waals surface area (Å²) >= 11 is 6.13. The molecular formula is C69H104ClF3N12O13. The Kier molecular flexibility index (Phi) is 26.6. The first-order chi connectivity index (χ1) is 46.0. The van der Waals surface area contributed by atoms with Crippen LogP contribution in [0.25, 0.3) is 0 Å². The molecule has 1 unspecified atom stereocenters. The number of alkyl halides is 3. The Morgan fingerprint density at radius 2 is 1.32 bits per heavy atom. The summed E-state index contributed by atoms with van der Waals surface area (Å²) in [6, 6.07) is -8.24. The second kappa shape index (κ2) is 33.4. The number of amides is 12. The molecule has 0 radical (unpaired) electrons. The predicted molar refractivity (Wildman–Crippen MR) is 357 cm³/mol. The van der Waals surface area contributed by atoms with Gasteiger partial charge in [-0.25, -0.2) is 0 Å². The van der Waals surface area contributed by atoms with E-state index in [1.165, 1.54) is 84.7 Å². The SMILES string of the molecule is CC[C@H](C)[C@@H]1NC(=O)[C@H](CC(C)C)N(C)C(=O)C[C@@H](C(=O)N2CCCCC2)N(C)C(=O)[C@H](C(C)C)N(C)C(=O)C2(CCCC2)NC(=O)[C@@H]2CCCN2C(=O)[C@H](CCc2ccc(C(F)(F)F)c(Cl)c2)NC(=O)CN(C)C(=O)C(COC2CC2)N(C)C(=O)[C@@H]2CCN2C(=O)[C@H](C)N(C)C1=O. The fraction of sp³-hybridized carbons (Fsp3) is 0.739. The Bertz CT molecular complexity index is 3120. The highest BCUT2D eigenvalue weighted by Crippen LogP contribution is 2.37. The summed E-state index contributed by atoms with van der Waals surface area (Å²) in [7, 11) is 8.38. The monoisotopic (exact) mass is 1400 g/mol. The molecule has 12 amide bonds. The van der Waals surface area contributed by atoms with Gasteiger partial charge in [0.25, 0.3) is 0 Å². The van der Waals surface area contributed by atoms with Crippen LogP contribution in [0.15, 0.2) is 18.2 Å². The number of nitrogens with one attached hydrogen (secondary N) is 3. The largest absolute Gasteiger partial charge is 0.417 e. The standard InChI is InChI=1S/C69H104ClF3N12O13/c1-14-42(6)56-65(95)78(9)43(7)60(90)85-34-28-50(85)63(93)81(12)53(39-98-45-24-25-45)62(92)77(8)38-54(86)74-48(27-23-44-22-26-46(47(70)36-44)69(71,72)73)61(91)84-33-20-21-49(84)59(89)76-68(29-16-17-30-68)67(97)82(13)57(41(4)5)66(96)80(11)52(64(94)83-31-18-15-19-32-83)37-55(87)79(10)51(35-40(2)3)58(88)75-56/h22,26,36,40-43,45,48-53,56-57H,14-21,23-25,27-35,37-39H2,1-13H3,(H,74,86)(H,75,88)(H,76,89)/t42-,43-,48-,49-,50-,51-,52-,53?,56-,57-/m0/s1. The van der Waals surface area contributed by atoms with Crippen molar-refractivity contribution < 1.29 is 75.4 Å². The number of hydrogen-bond donors (Lipinski definition) is 3. The van der Waals surface area contributed by atoms with Gasteiger partial charge in [0, 0.05) is 68.5 Å². The van der Waals surface area contributed by atoms with E-state index < -0.39 is 172 Å². The van der Waals surface area contributed by atoms with Gasteiger partial charge in [-0.15, -0.1) is 0 Å². The van der Waals surface area contributed by atoms with Gasteiger partial charge in [0.1, 0.15) is 59.9 Å². The topological polar surface area (TPSA) is 279 Å². The Labute approximate surface area is 579 Å².